The van der Waals surface area contributed by atoms with Gasteiger partial charge in [0.15, 0.2) is 0 Å². The maximum atomic E-state index is 12.6. The van der Waals surface area contributed by atoms with Crippen molar-refractivity contribution in [2.45, 2.75) is 45.6 Å². The van der Waals surface area contributed by atoms with Crippen molar-refractivity contribution in [2.24, 2.45) is 13.0 Å². The molecule has 1 saturated heterocycles. The summed E-state index contributed by atoms with van der Waals surface area (Å²) in [5.74, 6) is 0.122. The predicted molar refractivity (Wildman–Crippen MR) is 105 cm³/mol. The molecule has 8 heteroatoms. The van der Waals surface area contributed by atoms with E-state index in [-0.39, 0.29) is 34.1 Å². The topological polar surface area (TPSA) is 90.1 Å². The van der Waals surface area contributed by atoms with Crippen LogP contribution in [-0.4, -0.2) is 43.5 Å². The summed E-state index contributed by atoms with van der Waals surface area (Å²) < 4.78 is 2.72. The van der Waals surface area contributed by atoms with Crippen molar-refractivity contribution in [3.8, 4) is 0 Å². The lowest BCUT2D eigenvalue weighted by Gasteiger charge is -2.32. The Morgan fingerprint density at radius 3 is 2.29 bits per heavy atom. The number of hydrogen-bond donors (Lipinski definition) is 0. The van der Waals surface area contributed by atoms with Crippen LogP contribution in [0.1, 0.15) is 49.8 Å². The minimum Gasteiger partial charge on any atom is -0.337 e. The van der Waals surface area contributed by atoms with E-state index < -0.39 is 0 Å². The first-order valence-corrected chi connectivity index (χ1v) is 9.57. The Bertz CT molecular complexity index is 978. The highest BCUT2D eigenvalue weighted by Crippen LogP contribution is 2.21. The number of aryl methyl sites for hydroxylation is 1. The molecule has 150 valence electrons. The van der Waals surface area contributed by atoms with Gasteiger partial charge in [-0.25, -0.2) is 9.36 Å². The molecule has 2 aromatic heterocycles. The van der Waals surface area contributed by atoms with Crippen molar-refractivity contribution >= 4 is 5.91 Å². The molecule has 0 N–H and O–H groups in total. The summed E-state index contributed by atoms with van der Waals surface area (Å²) in [4.78, 5) is 38.0. The molecule has 3 heterocycles. The van der Waals surface area contributed by atoms with Gasteiger partial charge < -0.3 is 4.90 Å². The second-order valence-electron chi connectivity index (χ2n) is 8.40. The van der Waals surface area contributed by atoms with Gasteiger partial charge in [-0.3, -0.25) is 14.4 Å². The zero-order chi connectivity index (χ0) is 20.5. The van der Waals surface area contributed by atoms with Crippen LogP contribution in [0.3, 0.4) is 0 Å². The van der Waals surface area contributed by atoms with E-state index in [1.54, 1.807) is 21.7 Å². The van der Waals surface area contributed by atoms with Crippen LogP contribution in [0, 0.1) is 5.92 Å². The number of hydrogen-bond acceptors (Lipinski definition) is 5. The third-order valence-electron chi connectivity index (χ3n) is 5.15. The Morgan fingerprint density at radius 2 is 1.68 bits per heavy atom. The lowest BCUT2D eigenvalue weighted by molar-refractivity contribution is 0.0671. The highest BCUT2D eigenvalue weighted by Gasteiger charge is 2.26. The smallest absolute Gasteiger partial charge is 0.274 e. The molecule has 0 aliphatic carbocycles. The van der Waals surface area contributed by atoms with Crippen molar-refractivity contribution in [3.63, 3.8) is 0 Å². The molecular formula is C20H27N5O3. The van der Waals surface area contributed by atoms with E-state index >= 15 is 0 Å². The van der Waals surface area contributed by atoms with E-state index in [0.29, 0.717) is 19.6 Å². The summed E-state index contributed by atoms with van der Waals surface area (Å²) in [6.07, 6.45) is 1.59. The fourth-order valence-corrected chi connectivity index (χ4v) is 3.32. The Labute approximate surface area is 163 Å². The standard InChI is InChI=1S/C20H27N5O3/c1-20(2,3)16-6-8-18(27)25(22-16)13-14-9-11-24(12-10-14)19(28)15-5-7-17(26)23(4)21-15/h5-8,14H,9-13H2,1-4H3. The molecule has 28 heavy (non-hydrogen) atoms. The summed E-state index contributed by atoms with van der Waals surface area (Å²) in [7, 11) is 1.53. The molecule has 8 nitrogen and oxygen atoms in total. The number of rotatable bonds is 3. The molecule has 0 unspecified atom stereocenters. The van der Waals surface area contributed by atoms with Gasteiger partial charge in [-0.15, -0.1) is 0 Å². The van der Waals surface area contributed by atoms with Crippen LogP contribution in [-0.2, 0) is 19.0 Å². The zero-order valence-electron chi connectivity index (χ0n) is 16.9. The molecule has 3 rings (SSSR count). The second-order valence-corrected chi connectivity index (χ2v) is 8.40. The summed E-state index contributed by atoms with van der Waals surface area (Å²) in [5, 5.41) is 8.57. The van der Waals surface area contributed by atoms with Crippen LogP contribution in [0.2, 0.25) is 0 Å². The molecule has 0 aromatic carbocycles. The first kappa shape index (κ1) is 20.0. The first-order chi connectivity index (χ1) is 13.1. The minimum atomic E-state index is -0.245. The average Bonchev–Trinajstić information content (AvgIpc) is 2.65. The van der Waals surface area contributed by atoms with Gasteiger partial charge in [0, 0.05) is 44.2 Å². The second kappa shape index (κ2) is 7.69. The summed E-state index contributed by atoms with van der Waals surface area (Å²) in [5.41, 5.74) is 0.706. The largest absolute Gasteiger partial charge is 0.337 e. The van der Waals surface area contributed by atoms with Gasteiger partial charge in [-0.1, -0.05) is 20.8 Å². The van der Waals surface area contributed by atoms with Crippen LogP contribution >= 0.6 is 0 Å². The van der Waals surface area contributed by atoms with E-state index in [4.69, 9.17) is 0 Å². The van der Waals surface area contributed by atoms with Gasteiger partial charge in [-0.05, 0) is 30.9 Å². The molecule has 2 aromatic rings. The zero-order valence-corrected chi connectivity index (χ0v) is 16.9. The van der Waals surface area contributed by atoms with Crippen LogP contribution in [0.5, 0.6) is 0 Å². The number of piperidine rings is 1. The number of carbonyl (C=O) groups excluding carboxylic acids is 1. The predicted octanol–water partition coefficient (Wildman–Crippen LogP) is 1.19. The Balaban J connectivity index is 1.64. The third-order valence-corrected chi connectivity index (χ3v) is 5.15. The van der Waals surface area contributed by atoms with Crippen LogP contribution in [0.4, 0.5) is 0 Å². The molecule has 1 fully saturated rings. The van der Waals surface area contributed by atoms with E-state index in [0.717, 1.165) is 18.5 Å². The van der Waals surface area contributed by atoms with E-state index in [1.807, 2.05) is 0 Å². The monoisotopic (exact) mass is 385 g/mol. The Morgan fingerprint density at radius 1 is 1.04 bits per heavy atom. The van der Waals surface area contributed by atoms with Gasteiger partial charge in [-0.2, -0.15) is 10.2 Å². The molecule has 0 spiro atoms. The maximum Gasteiger partial charge on any atom is 0.274 e. The normalized spacial score (nSPS) is 15.6. The fraction of sp³-hybridized carbons (Fsp3) is 0.550. The quantitative estimate of drug-likeness (QED) is 0.792. The van der Waals surface area contributed by atoms with Gasteiger partial charge in [0.25, 0.3) is 17.0 Å². The summed E-state index contributed by atoms with van der Waals surface area (Å²) in [6.45, 7) is 7.97. The highest BCUT2D eigenvalue weighted by atomic mass is 16.2. The van der Waals surface area contributed by atoms with E-state index in [9.17, 15) is 14.4 Å². The van der Waals surface area contributed by atoms with Crippen molar-refractivity contribution in [3.05, 3.63) is 56.4 Å². The van der Waals surface area contributed by atoms with Crippen LogP contribution in [0.15, 0.2) is 33.9 Å². The molecule has 1 amide bonds. The van der Waals surface area contributed by atoms with Crippen molar-refractivity contribution < 1.29 is 4.79 Å². The SMILES string of the molecule is Cn1nc(C(=O)N2CCC(Cn3nc(C(C)(C)C)ccc3=O)CC2)ccc1=O. The maximum absolute atomic E-state index is 12.6. The van der Waals surface area contributed by atoms with Crippen molar-refractivity contribution in [2.75, 3.05) is 13.1 Å². The van der Waals surface area contributed by atoms with Crippen LogP contribution in [0.25, 0.3) is 0 Å². The van der Waals surface area contributed by atoms with Crippen LogP contribution < -0.4 is 11.1 Å². The number of likely N-dealkylation sites (tertiary alicyclic amines) is 1. The van der Waals surface area contributed by atoms with Gasteiger partial charge >= 0.3 is 0 Å². The van der Waals surface area contributed by atoms with Crippen molar-refractivity contribution in [1.29, 1.82) is 0 Å². The fourth-order valence-electron chi connectivity index (χ4n) is 3.32. The average molecular weight is 385 g/mol. The molecule has 1 aliphatic heterocycles. The van der Waals surface area contributed by atoms with E-state index in [2.05, 4.69) is 31.0 Å². The molecule has 0 radical (unpaired) electrons. The van der Waals surface area contributed by atoms with Gasteiger partial charge in [0.05, 0.1) is 5.69 Å². The number of amides is 1. The molecule has 0 atom stereocenters. The van der Waals surface area contributed by atoms with Gasteiger partial charge in [0.2, 0.25) is 0 Å². The number of carbonyl (C=O) groups is 1. The van der Waals surface area contributed by atoms with E-state index in [1.165, 1.54) is 23.9 Å². The molecular weight excluding hydrogens is 358 g/mol. The minimum absolute atomic E-state index is 0.0964. The summed E-state index contributed by atoms with van der Waals surface area (Å²) >= 11 is 0. The molecule has 0 saturated carbocycles. The highest BCUT2D eigenvalue weighted by molar-refractivity contribution is 5.92. The number of nitrogens with zero attached hydrogens (tertiary/aromatic N) is 5. The lowest BCUT2D eigenvalue weighted by Crippen LogP contribution is -2.41. The molecule has 0 bridgehead atoms. The molecule has 1 aliphatic rings. The third kappa shape index (κ3) is 4.37. The van der Waals surface area contributed by atoms with Crippen molar-refractivity contribution in [1.82, 2.24) is 24.5 Å². The lowest BCUT2D eigenvalue weighted by atomic mass is 9.92. The first-order valence-electron chi connectivity index (χ1n) is 9.57. The Kier molecular flexibility index (Phi) is 5.49. The summed E-state index contributed by atoms with van der Waals surface area (Å²) in [6, 6.07) is 6.20. The van der Waals surface area contributed by atoms with Gasteiger partial charge in [0.1, 0.15) is 5.69 Å². The Hall–Kier alpha value is -2.77. The number of aromatic nitrogens is 4.